The van der Waals surface area contributed by atoms with Crippen LogP contribution in [0.2, 0.25) is 0 Å². The minimum atomic E-state index is -3.48. The van der Waals surface area contributed by atoms with E-state index < -0.39 is 10.0 Å². The number of anilines is 1. The number of rotatable bonds is 5. The fraction of sp³-hybridized carbons (Fsp3) is 0.200. The van der Waals surface area contributed by atoms with Crippen LogP contribution in [0.5, 0.6) is 0 Å². The zero-order chi connectivity index (χ0) is 20.4. The minimum absolute atomic E-state index is 0.211. The van der Waals surface area contributed by atoms with Gasteiger partial charge < -0.3 is 0 Å². The first-order valence-electron chi connectivity index (χ1n) is 9.06. The van der Waals surface area contributed by atoms with Crippen molar-refractivity contribution < 1.29 is 13.2 Å². The van der Waals surface area contributed by atoms with Crippen molar-refractivity contribution >= 4 is 48.3 Å². The Morgan fingerprint density at radius 3 is 2.34 bits per heavy atom. The molecule has 29 heavy (non-hydrogen) atoms. The minimum Gasteiger partial charge on any atom is -0.298 e. The van der Waals surface area contributed by atoms with Crippen molar-refractivity contribution in [1.29, 1.82) is 0 Å². The van der Waals surface area contributed by atoms with Gasteiger partial charge in [-0.15, -0.1) is 11.3 Å². The number of nitrogens with zero attached hydrogens (tertiary/aromatic N) is 2. The van der Waals surface area contributed by atoms with Crippen LogP contribution in [0.4, 0.5) is 5.13 Å². The number of thiazole rings is 1. The van der Waals surface area contributed by atoms with Crippen LogP contribution in [-0.2, 0) is 10.0 Å². The fourth-order valence-corrected chi connectivity index (χ4v) is 5.61. The normalized spacial score (nSPS) is 14.8. The number of carbonyl (C=O) groups is 1. The van der Waals surface area contributed by atoms with Gasteiger partial charge in [0, 0.05) is 34.1 Å². The largest absolute Gasteiger partial charge is 0.298 e. The summed E-state index contributed by atoms with van der Waals surface area (Å²) in [7, 11) is -3.48. The first kappa shape index (κ1) is 20.2. The monoisotopic (exact) mass is 491 g/mol. The van der Waals surface area contributed by atoms with Crippen LogP contribution in [-0.4, -0.2) is 36.7 Å². The van der Waals surface area contributed by atoms with Crippen molar-refractivity contribution in [3.8, 4) is 11.3 Å². The molecular formula is C20H18BrN3O3S2. The number of aromatic nitrogens is 1. The lowest BCUT2D eigenvalue weighted by molar-refractivity contribution is 0.102. The number of sulfonamides is 1. The summed E-state index contributed by atoms with van der Waals surface area (Å²) in [4.78, 5) is 17.2. The maximum absolute atomic E-state index is 12.6. The molecule has 0 atom stereocenters. The molecule has 1 aromatic heterocycles. The summed E-state index contributed by atoms with van der Waals surface area (Å²) in [6.45, 7) is 1.10. The summed E-state index contributed by atoms with van der Waals surface area (Å²) in [6.07, 6.45) is 1.77. The number of benzene rings is 2. The molecule has 0 saturated carbocycles. The first-order chi connectivity index (χ1) is 13.9. The average Bonchev–Trinajstić information content (AvgIpc) is 3.41. The molecular weight excluding hydrogens is 474 g/mol. The van der Waals surface area contributed by atoms with Crippen LogP contribution in [0.1, 0.15) is 23.2 Å². The number of nitrogens with one attached hydrogen (secondary N) is 1. The van der Waals surface area contributed by atoms with Crippen molar-refractivity contribution in [3.63, 3.8) is 0 Å². The molecule has 1 aliphatic heterocycles. The molecule has 0 bridgehead atoms. The molecule has 1 aliphatic rings. The Morgan fingerprint density at radius 2 is 1.69 bits per heavy atom. The third-order valence-corrected chi connectivity index (χ3v) is 7.88. The Morgan fingerprint density at radius 1 is 1.03 bits per heavy atom. The molecule has 6 nitrogen and oxygen atoms in total. The summed E-state index contributed by atoms with van der Waals surface area (Å²) in [5.41, 5.74) is 2.12. The number of carbonyl (C=O) groups excluding carboxylic acids is 1. The first-order valence-corrected chi connectivity index (χ1v) is 12.2. The highest BCUT2D eigenvalue weighted by Gasteiger charge is 2.27. The zero-order valence-electron chi connectivity index (χ0n) is 15.3. The van der Waals surface area contributed by atoms with E-state index in [9.17, 15) is 13.2 Å². The van der Waals surface area contributed by atoms with E-state index >= 15 is 0 Å². The van der Waals surface area contributed by atoms with Gasteiger partial charge in [0.05, 0.1) is 10.6 Å². The molecule has 1 amide bonds. The van der Waals surface area contributed by atoms with Crippen LogP contribution in [0.15, 0.2) is 63.3 Å². The van der Waals surface area contributed by atoms with E-state index in [0.717, 1.165) is 28.6 Å². The Kier molecular flexibility index (Phi) is 5.82. The van der Waals surface area contributed by atoms with Crippen molar-refractivity contribution in [3.05, 3.63) is 63.9 Å². The van der Waals surface area contributed by atoms with E-state index in [1.807, 2.05) is 29.6 Å². The lowest BCUT2D eigenvalue weighted by atomic mass is 10.2. The van der Waals surface area contributed by atoms with Crippen LogP contribution in [0, 0.1) is 0 Å². The van der Waals surface area contributed by atoms with E-state index in [2.05, 4.69) is 26.2 Å². The molecule has 0 aliphatic carbocycles. The maximum Gasteiger partial charge on any atom is 0.257 e. The van der Waals surface area contributed by atoms with Gasteiger partial charge in [0.25, 0.3) is 5.91 Å². The predicted octanol–water partition coefficient (Wildman–Crippen LogP) is 4.61. The highest BCUT2D eigenvalue weighted by Crippen LogP contribution is 2.27. The highest BCUT2D eigenvalue weighted by atomic mass is 79.9. The van der Waals surface area contributed by atoms with Gasteiger partial charge in [-0.2, -0.15) is 4.31 Å². The Bertz CT molecular complexity index is 1120. The maximum atomic E-state index is 12.6. The standard InChI is InChI=1S/C20H18BrN3O3S2/c21-16-7-3-14(4-8-16)18-13-28-20(22-18)23-19(25)15-5-9-17(10-6-15)29(26,27)24-11-1-2-12-24/h3-10,13H,1-2,11-12H2,(H,22,23,25). The van der Waals surface area contributed by atoms with Crippen molar-refractivity contribution in [2.45, 2.75) is 17.7 Å². The van der Waals surface area contributed by atoms with Crippen molar-refractivity contribution in [2.75, 3.05) is 18.4 Å². The Hall–Kier alpha value is -2.07. The second-order valence-electron chi connectivity index (χ2n) is 6.63. The number of hydrogen-bond donors (Lipinski definition) is 1. The van der Waals surface area contributed by atoms with Gasteiger partial charge >= 0.3 is 0 Å². The summed E-state index contributed by atoms with van der Waals surface area (Å²) in [5, 5.41) is 5.14. The molecule has 0 radical (unpaired) electrons. The third kappa shape index (κ3) is 4.42. The fourth-order valence-electron chi connectivity index (χ4n) is 3.11. The molecule has 9 heteroatoms. The SMILES string of the molecule is O=C(Nc1nc(-c2ccc(Br)cc2)cs1)c1ccc(S(=O)(=O)N2CCCC2)cc1. The average molecular weight is 492 g/mol. The topological polar surface area (TPSA) is 79.4 Å². The number of amides is 1. The summed E-state index contributed by atoms with van der Waals surface area (Å²) in [5.74, 6) is -0.327. The second kappa shape index (κ2) is 8.35. The van der Waals surface area contributed by atoms with Gasteiger partial charge in [-0.05, 0) is 49.2 Å². The number of halogens is 1. The van der Waals surface area contributed by atoms with Crippen LogP contribution < -0.4 is 5.32 Å². The molecule has 2 heterocycles. The quantitative estimate of drug-likeness (QED) is 0.564. The van der Waals surface area contributed by atoms with Crippen LogP contribution >= 0.6 is 27.3 Å². The summed E-state index contributed by atoms with van der Waals surface area (Å²) < 4.78 is 27.6. The summed E-state index contributed by atoms with van der Waals surface area (Å²) >= 11 is 4.74. The van der Waals surface area contributed by atoms with Gasteiger partial charge in [0.15, 0.2) is 5.13 Å². The lowest BCUT2D eigenvalue weighted by Gasteiger charge is -2.15. The molecule has 4 rings (SSSR count). The van der Waals surface area contributed by atoms with Crippen molar-refractivity contribution in [1.82, 2.24) is 9.29 Å². The second-order valence-corrected chi connectivity index (χ2v) is 10.3. The van der Waals surface area contributed by atoms with Crippen molar-refractivity contribution in [2.24, 2.45) is 0 Å². The van der Waals surface area contributed by atoms with Gasteiger partial charge in [-0.1, -0.05) is 28.1 Å². The molecule has 1 N–H and O–H groups in total. The van der Waals surface area contributed by atoms with E-state index in [1.165, 1.54) is 39.9 Å². The Labute approximate surface area is 181 Å². The predicted molar refractivity (Wildman–Crippen MR) is 118 cm³/mol. The third-order valence-electron chi connectivity index (χ3n) is 4.68. The molecule has 1 fully saturated rings. The molecule has 1 saturated heterocycles. The van der Waals surface area contributed by atoms with Crippen LogP contribution in [0.25, 0.3) is 11.3 Å². The van der Waals surface area contributed by atoms with E-state index in [4.69, 9.17) is 0 Å². The molecule has 150 valence electrons. The van der Waals surface area contributed by atoms with Gasteiger partial charge in [0.2, 0.25) is 10.0 Å². The molecule has 0 spiro atoms. The summed E-state index contributed by atoms with van der Waals surface area (Å²) in [6, 6.07) is 13.8. The Balaban J connectivity index is 1.46. The van der Waals surface area contributed by atoms with E-state index in [0.29, 0.717) is 23.8 Å². The smallest absolute Gasteiger partial charge is 0.257 e. The zero-order valence-corrected chi connectivity index (χ0v) is 18.6. The highest BCUT2D eigenvalue weighted by molar-refractivity contribution is 9.10. The molecule has 3 aromatic rings. The van der Waals surface area contributed by atoms with Gasteiger partial charge in [-0.3, -0.25) is 10.1 Å². The van der Waals surface area contributed by atoms with Gasteiger partial charge in [0.1, 0.15) is 0 Å². The van der Waals surface area contributed by atoms with E-state index in [-0.39, 0.29) is 10.8 Å². The van der Waals surface area contributed by atoms with Gasteiger partial charge in [-0.25, -0.2) is 13.4 Å². The molecule has 2 aromatic carbocycles. The number of hydrogen-bond acceptors (Lipinski definition) is 5. The van der Waals surface area contributed by atoms with Crippen LogP contribution in [0.3, 0.4) is 0 Å². The molecule has 0 unspecified atom stereocenters. The van der Waals surface area contributed by atoms with E-state index in [1.54, 1.807) is 0 Å². The lowest BCUT2D eigenvalue weighted by Crippen LogP contribution is -2.27.